The molecular weight excluding hydrogens is 298 g/mol. The molecule has 3 heterocycles. The second kappa shape index (κ2) is 6.74. The number of aryl methyl sites for hydroxylation is 1. The minimum Gasteiger partial charge on any atom is -0.381 e. The monoisotopic (exact) mass is 329 g/mol. The number of pyridine rings is 1. The molecule has 4 nitrogen and oxygen atoms in total. The molecule has 1 spiro atoms. The van der Waals surface area contributed by atoms with Gasteiger partial charge in [-0.2, -0.15) is 0 Å². The van der Waals surface area contributed by atoms with Crippen LogP contribution in [-0.2, 0) is 11.3 Å². The third-order valence-electron chi connectivity index (χ3n) is 6.15. The van der Waals surface area contributed by atoms with Gasteiger partial charge in [0.05, 0.1) is 12.3 Å². The van der Waals surface area contributed by atoms with Crippen molar-refractivity contribution in [2.75, 3.05) is 46.4 Å². The SMILES string of the molecule is Cc1cccc(CN2CC[C@@]3(CN(C)C[C@H]3COCC3CC3)C2)n1. The molecule has 4 rings (SSSR count). The highest BCUT2D eigenvalue weighted by Gasteiger charge is 2.49. The Bertz CT molecular complexity index is 574. The number of aromatic nitrogens is 1. The molecule has 1 aromatic heterocycles. The van der Waals surface area contributed by atoms with E-state index in [1.54, 1.807) is 0 Å². The van der Waals surface area contributed by atoms with E-state index in [4.69, 9.17) is 4.74 Å². The zero-order valence-corrected chi connectivity index (χ0v) is 15.2. The number of hydrogen-bond donors (Lipinski definition) is 0. The highest BCUT2D eigenvalue weighted by atomic mass is 16.5. The van der Waals surface area contributed by atoms with Crippen molar-refractivity contribution in [2.24, 2.45) is 17.3 Å². The predicted molar refractivity (Wildman–Crippen MR) is 95.8 cm³/mol. The molecule has 0 unspecified atom stereocenters. The fraction of sp³-hybridized carbons (Fsp3) is 0.750. The topological polar surface area (TPSA) is 28.6 Å². The summed E-state index contributed by atoms with van der Waals surface area (Å²) in [5.41, 5.74) is 2.76. The maximum Gasteiger partial charge on any atom is 0.0547 e. The summed E-state index contributed by atoms with van der Waals surface area (Å²) in [6, 6.07) is 6.37. The van der Waals surface area contributed by atoms with Crippen LogP contribution in [0.4, 0.5) is 0 Å². The van der Waals surface area contributed by atoms with E-state index in [-0.39, 0.29) is 0 Å². The van der Waals surface area contributed by atoms with Crippen LogP contribution in [0.5, 0.6) is 0 Å². The molecule has 2 saturated heterocycles. The molecule has 3 aliphatic rings. The molecule has 24 heavy (non-hydrogen) atoms. The average Bonchev–Trinajstić information content (AvgIpc) is 3.20. The molecule has 1 aliphatic carbocycles. The van der Waals surface area contributed by atoms with E-state index in [9.17, 15) is 0 Å². The molecule has 132 valence electrons. The number of likely N-dealkylation sites (tertiary alicyclic amines) is 2. The standard InChI is InChI=1S/C20H31N3O/c1-16-4-3-5-19(21-16)11-23-9-8-20(15-23)14-22(2)10-18(20)13-24-12-17-6-7-17/h3-5,17-18H,6-15H2,1-2H3/t18-,20+/m0/s1. The highest BCUT2D eigenvalue weighted by molar-refractivity contribution is 5.11. The van der Waals surface area contributed by atoms with Crippen LogP contribution in [0.25, 0.3) is 0 Å². The first-order valence-corrected chi connectivity index (χ1v) is 9.54. The van der Waals surface area contributed by atoms with Crippen LogP contribution in [0.1, 0.15) is 30.7 Å². The van der Waals surface area contributed by atoms with E-state index < -0.39 is 0 Å². The Morgan fingerprint density at radius 1 is 1.25 bits per heavy atom. The van der Waals surface area contributed by atoms with E-state index >= 15 is 0 Å². The molecule has 0 N–H and O–H groups in total. The van der Waals surface area contributed by atoms with Crippen molar-refractivity contribution in [2.45, 2.75) is 32.7 Å². The van der Waals surface area contributed by atoms with E-state index in [0.717, 1.165) is 31.4 Å². The highest BCUT2D eigenvalue weighted by Crippen LogP contribution is 2.44. The van der Waals surface area contributed by atoms with Crippen LogP contribution < -0.4 is 0 Å². The number of nitrogens with zero attached hydrogens (tertiary/aromatic N) is 3. The zero-order chi connectivity index (χ0) is 16.6. The van der Waals surface area contributed by atoms with E-state index in [0.29, 0.717) is 11.3 Å². The number of rotatable bonds is 6. The summed E-state index contributed by atoms with van der Waals surface area (Å²) >= 11 is 0. The summed E-state index contributed by atoms with van der Waals surface area (Å²) in [5.74, 6) is 1.56. The van der Waals surface area contributed by atoms with Gasteiger partial charge in [-0.25, -0.2) is 0 Å². The van der Waals surface area contributed by atoms with Gasteiger partial charge < -0.3 is 9.64 Å². The average molecular weight is 329 g/mol. The van der Waals surface area contributed by atoms with E-state index in [1.807, 2.05) is 0 Å². The lowest BCUT2D eigenvalue weighted by atomic mass is 9.77. The van der Waals surface area contributed by atoms with E-state index in [1.165, 1.54) is 51.1 Å². The molecule has 0 aromatic carbocycles. The Morgan fingerprint density at radius 3 is 2.92 bits per heavy atom. The Kier molecular flexibility index (Phi) is 4.63. The molecule has 2 aliphatic heterocycles. The Hall–Kier alpha value is -0.970. The van der Waals surface area contributed by atoms with Crippen LogP contribution >= 0.6 is 0 Å². The second-order valence-corrected chi connectivity index (χ2v) is 8.47. The van der Waals surface area contributed by atoms with Crippen molar-refractivity contribution >= 4 is 0 Å². The fourth-order valence-electron chi connectivity index (χ4n) is 4.69. The lowest BCUT2D eigenvalue weighted by molar-refractivity contribution is 0.0555. The third kappa shape index (κ3) is 3.66. The summed E-state index contributed by atoms with van der Waals surface area (Å²) in [5, 5.41) is 0. The zero-order valence-electron chi connectivity index (χ0n) is 15.2. The van der Waals surface area contributed by atoms with Gasteiger partial charge in [0.1, 0.15) is 0 Å². The third-order valence-corrected chi connectivity index (χ3v) is 6.15. The molecule has 4 heteroatoms. The predicted octanol–water partition coefficient (Wildman–Crippen LogP) is 2.57. The Labute approximate surface area is 146 Å². The van der Waals surface area contributed by atoms with Gasteiger partial charge in [-0.05, 0) is 57.8 Å². The van der Waals surface area contributed by atoms with Crippen molar-refractivity contribution < 1.29 is 4.74 Å². The van der Waals surface area contributed by atoms with Gasteiger partial charge >= 0.3 is 0 Å². The largest absolute Gasteiger partial charge is 0.381 e. The van der Waals surface area contributed by atoms with Crippen LogP contribution in [0.3, 0.4) is 0 Å². The van der Waals surface area contributed by atoms with Crippen LogP contribution in [-0.4, -0.2) is 61.2 Å². The van der Waals surface area contributed by atoms with Crippen molar-refractivity contribution in [3.05, 3.63) is 29.6 Å². The van der Waals surface area contributed by atoms with Crippen LogP contribution in [0.2, 0.25) is 0 Å². The first-order chi connectivity index (χ1) is 11.6. The smallest absolute Gasteiger partial charge is 0.0547 e. The summed E-state index contributed by atoms with van der Waals surface area (Å²) in [6.45, 7) is 9.83. The van der Waals surface area contributed by atoms with Crippen molar-refractivity contribution in [3.63, 3.8) is 0 Å². The van der Waals surface area contributed by atoms with Gasteiger partial charge in [0.25, 0.3) is 0 Å². The fourth-order valence-corrected chi connectivity index (χ4v) is 4.69. The molecule has 1 aromatic rings. The lowest BCUT2D eigenvalue weighted by Crippen LogP contribution is -2.36. The van der Waals surface area contributed by atoms with Crippen molar-refractivity contribution in [1.29, 1.82) is 0 Å². The second-order valence-electron chi connectivity index (χ2n) is 8.47. The molecule has 0 radical (unpaired) electrons. The lowest BCUT2D eigenvalue weighted by Gasteiger charge is -2.30. The Morgan fingerprint density at radius 2 is 2.12 bits per heavy atom. The van der Waals surface area contributed by atoms with Crippen LogP contribution in [0.15, 0.2) is 18.2 Å². The maximum atomic E-state index is 6.09. The molecule has 0 bridgehead atoms. The molecule has 3 fully saturated rings. The number of hydrogen-bond acceptors (Lipinski definition) is 4. The van der Waals surface area contributed by atoms with Gasteiger partial charge in [-0.15, -0.1) is 0 Å². The number of ether oxygens (including phenoxy) is 1. The first-order valence-electron chi connectivity index (χ1n) is 9.54. The van der Waals surface area contributed by atoms with E-state index in [2.05, 4.69) is 47.0 Å². The van der Waals surface area contributed by atoms with Crippen molar-refractivity contribution in [1.82, 2.24) is 14.8 Å². The van der Waals surface area contributed by atoms with Gasteiger partial charge in [0.2, 0.25) is 0 Å². The summed E-state index contributed by atoms with van der Waals surface area (Å²) in [4.78, 5) is 9.80. The Balaban J connectivity index is 1.36. The first kappa shape index (κ1) is 16.5. The van der Waals surface area contributed by atoms with Crippen molar-refractivity contribution in [3.8, 4) is 0 Å². The molecular formula is C20H31N3O. The minimum atomic E-state index is 0.433. The maximum absolute atomic E-state index is 6.09. The summed E-state index contributed by atoms with van der Waals surface area (Å²) < 4.78 is 6.09. The van der Waals surface area contributed by atoms with Gasteiger partial charge in [0.15, 0.2) is 0 Å². The van der Waals surface area contributed by atoms with Crippen LogP contribution in [0, 0.1) is 24.2 Å². The molecule has 2 atom stereocenters. The summed E-state index contributed by atoms with van der Waals surface area (Å²) in [6.07, 6.45) is 4.07. The van der Waals surface area contributed by atoms with Gasteiger partial charge in [-0.3, -0.25) is 9.88 Å². The molecule has 0 amide bonds. The normalized spacial score (nSPS) is 31.3. The van der Waals surface area contributed by atoms with Gasteiger partial charge in [0, 0.05) is 49.8 Å². The quantitative estimate of drug-likeness (QED) is 0.802. The van der Waals surface area contributed by atoms with Gasteiger partial charge in [-0.1, -0.05) is 6.07 Å². The molecule has 1 saturated carbocycles. The minimum absolute atomic E-state index is 0.433. The summed E-state index contributed by atoms with van der Waals surface area (Å²) in [7, 11) is 2.27.